The predicted octanol–water partition coefficient (Wildman–Crippen LogP) is 3.33. The van der Waals surface area contributed by atoms with Crippen molar-refractivity contribution in [3.63, 3.8) is 0 Å². The molecule has 3 rings (SSSR count). The van der Waals surface area contributed by atoms with Gasteiger partial charge in [-0.2, -0.15) is 10.2 Å². The van der Waals surface area contributed by atoms with E-state index in [1.54, 1.807) is 0 Å². The summed E-state index contributed by atoms with van der Waals surface area (Å²) in [5, 5.41) is 26.0. The Morgan fingerprint density at radius 3 is 2.72 bits per heavy atom. The maximum atomic E-state index is 9.61. The first-order valence-corrected chi connectivity index (χ1v) is 8.72. The first-order valence-electron chi connectivity index (χ1n) is 8.34. The first kappa shape index (κ1) is 17.5. The Morgan fingerprint density at radius 2 is 2.00 bits per heavy atom. The number of aliphatic hydroxyl groups is 1. The molecule has 0 atom stereocenters. The molecule has 130 valence electrons. The summed E-state index contributed by atoms with van der Waals surface area (Å²) < 4.78 is 0. The molecule has 1 saturated carbocycles. The molecule has 1 aliphatic rings. The van der Waals surface area contributed by atoms with Gasteiger partial charge in [-0.3, -0.25) is 0 Å². The Bertz CT molecular complexity index is 768. The summed E-state index contributed by atoms with van der Waals surface area (Å²) in [5.74, 6) is 0.970. The summed E-state index contributed by atoms with van der Waals surface area (Å²) in [5.41, 5.74) is 1.36. The van der Waals surface area contributed by atoms with E-state index in [0.717, 1.165) is 31.2 Å². The average molecular weight is 358 g/mol. The molecule has 0 saturated heterocycles. The molecule has 1 fully saturated rings. The zero-order chi connectivity index (χ0) is 17.6. The largest absolute Gasteiger partial charge is 0.393 e. The molecule has 3 N–H and O–H groups in total. The van der Waals surface area contributed by atoms with E-state index in [4.69, 9.17) is 11.6 Å². The van der Waals surface area contributed by atoms with E-state index in [9.17, 15) is 10.4 Å². The summed E-state index contributed by atoms with van der Waals surface area (Å²) in [6, 6.07) is 9.91. The van der Waals surface area contributed by atoms with Gasteiger partial charge in [-0.15, -0.1) is 0 Å². The normalized spacial score (nSPS) is 19.9. The molecule has 0 unspecified atom stereocenters. The lowest BCUT2D eigenvalue weighted by Gasteiger charge is -2.26. The van der Waals surface area contributed by atoms with Crippen LogP contribution in [0.3, 0.4) is 0 Å². The monoisotopic (exact) mass is 357 g/mol. The Balaban J connectivity index is 1.69. The molecule has 1 heterocycles. The smallest absolute Gasteiger partial charge is 0.224 e. The Kier molecular flexibility index (Phi) is 5.69. The van der Waals surface area contributed by atoms with E-state index in [0.29, 0.717) is 28.9 Å². The van der Waals surface area contributed by atoms with Crippen LogP contribution in [0, 0.1) is 11.3 Å². The number of hydrogen-bond acceptors (Lipinski definition) is 6. The lowest BCUT2D eigenvalue weighted by atomic mass is 9.93. The third-order valence-electron chi connectivity index (χ3n) is 4.34. The van der Waals surface area contributed by atoms with Gasteiger partial charge in [0.1, 0.15) is 17.5 Å². The zero-order valence-electron chi connectivity index (χ0n) is 13.7. The number of nitriles is 1. The summed E-state index contributed by atoms with van der Waals surface area (Å²) in [6.07, 6.45) is 4.55. The summed E-state index contributed by atoms with van der Waals surface area (Å²) in [7, 11) is 0. The second-order valence-electron chi connectivity index (χ2n) is 6.16. The quantitative estimate of drug-likeness (QED) is 0.759. The highest BCUT2D eigenvalue weighted by Crippen LogP contribution is 2.23. The van der Waals surface area contributed by atoms with E-state index < -0.39 is 0 Å². The second kappa shape index (κ2) is 8.15. The van der Waals surface area contributed by atoms with Gasteiger partial charge in [0, 0.05) is 17.6 Å². The van der Waals surface area contributed by atoms with E-state index in [-0.39, 0.29) is 12.1 Å². The molecule has 25 heavy (non-hydrogen) atoms. The minimum absolute atomic E-state index is 0.210. The molecule has 1 aromatic carbocycles. The van der Waals surface area contributed by atoms with E-state index in [1.807, 2.05) is 24.3 Å². The standard InChI is InChI=1S/C18H20ClN5O/c19-16-4-2-1-3-12(16)10-21-18-22-11-13(9-20)17(24-18)23-14-5-7-15(25)8-6-14/h1-4,11,14-15,25H,5-8,10H2,(H2,21,22,23,24). The second-order valence-corrected chi connectivity index (χ2v) is 6.57. The number of aliphatic hydroxyl groups excluding tert-OH is 1. The van der Waals surface area contributed by atoms with Crippen molar-refractivity contribution in [1.82, 2.24) is 9.97 Å². The molecule has 2 aromatic rings. The number of anilines is 2. The van der Waals surface area contributed by atoms with Crippen LogP contribution >= 0.6 is 11.6 Å². The van der Waals surface area contributed by atoms with Crippen molar-refractivity contribution >= 4 is 23.4 Å². The number of rotatable bonds is 5. The van der Waals surface area contributed by atoms with Crippen molar-refractivity contribution in [2.75, 3.05) is 10.6 Å². The molecule has 0 bridgehead atoms. The van der Waals surface area contributed by atoms with Crippen LogP contribution < -0.4 is 10.6 Å². The van der Waals surface area contributed by atoms with Gasteiger partial charge in [-0.05, 0) is 37.3 Å². The number of aromatic nitrogens is 2. The topological polar surface area (TPSA) is 93.9 Å². The molecule has 1 aromatic heterocycles. The molecule has 0 aliphatic heterocycles. The summed E-state index contributed by atoms with van der Waals surface area (Å²) in [6.45, 7) is 0.501. The molecule has 1 aliphatic carbocycles. The highest BCUT2D eigenvalue weighted by molar-refractivity contribution is 6.31. The van der Waals surface area contributed by atoms with Gasteiger partial charge in [0.15, 0.2) is 0 Å². The Hall–Kier alpha value is -2.36. The van der Waals surface area contributed by atoms with Crippen LogP contribution in [0.1, 0.15) is 36.8 Å². The average Bonchev–Trinajstić information content (AvgIpc) is 2.63. The van der Waals surface area contributed by atoms with Gasteiger partial charge < -0.3 is 15.7 Å². The van der Waals surface area contributed by atoms with Gasteiger partial charge in [0.25, 0.3) is 0 Å². The van der Waals surface area contributed by atoms with Crippen molar-refractivity contribution in [2.24, 2.45) is 0 Å². The van der Waals surface area contributed by atoms with Crippen molar-refractivity contribution in [3.05, 3.63) is 46.6 Å². The number of benzene rings is 1. The lowest BCUT2D eigenvalue weighted by molar-refractivity contribution is 0.126. The van der Waals surface area contributed by atoms with Crippen molar-refractivity contribution in [2.45, 2.75) is 44.4 Å². The molecule has 0 radical (unpaired) electrons. The molecular weight excluding hydrogens is 338 g/mol. The fourth-order valence-electron chi connectivity index (χ4n) is 2.89. The van der Waals surface area contributed by atoms with Crippen LogP contribution in [0.15, 0.2) is 30.5 Å². The van der Waals surface area contributed by atoms with Crippen molar-refractivity contribution in [3.8, 4) is 6.07 Å². The third kappa shape index (κ3) is 4.59. The number of nitrogens with one attached hydrogen (secondary N) is 2. The predicted molar refractivity (Wildman–Crippen MR) is 97.4 cm³/mol. The number of nitrogens with zero attached hydrogens (tertiary/aromatic N) is 3. The molecule has 7 heteroatoms. The van der Waals surface area contributed by atoms with Crippen LogP contribution in [0.5, 0.6) is 0 Å². The van der Waals surface area contributed by atoms with Crippen LogP contribution in [0.4, 0.5) is 11.8 Å². The van der Waals surface area contributed by atoms with Crippen LogP contribution in [0.2, 0.25) is 5.02 Å². The maximum Gasteiger partial charge on any atom is 0.224 e. The van der Waals surface area contributed by atoms with Gasteiger partial charge in [-0.25, -0.2) is 4.98 Å². The number of hydrogen-bond donors (Lipinski definition) is 3. The van der Waals surface area contributed by atoms with E-state index in [2.05, 4.69) is 26.7 Å². The van der Waals surface area contributed by atoms with E-state index in [1.165, 1.54) is 6.20 Å². The summed E-state index contributed by atoms with van der Waals surface area (Å²) >= 11 is 6.15. The van der Waals surface area contributed by atoms with Gasteiger partial charge >= 0.3 is 0 Å². The summed E-state index contributed by atoms with van der Waals surface area (Å²) in [4.78, 5) is 8.63. The van der Waals surface area contributed by atoms with Crippen molar-refractivity contribution in [1.29, 1.82) is 5.26 Å². The maximum absolute atomic E-state index is 9.61. The van der Waals surface area contributed by atoms with E-state index >= 15 is 0 Å². The van der Waals surface area contributed by atoms with Gasteiger partial charge in [0.2, 0.25) is 5.95 Å². The minimum atomic E-state index is -0.216. The minimum Gasteiger partial charge on any atom is -0.393 e. The zero-order valence-corrected chi connectivity index (χ0v) is 14.5. The highest BCUT2D eigenvalue weighted by Gasteiger charge is 2.20. The van der Waals surface area contributed by atoms with Crippen LogP contribution in [-0.2, 0) is 6.54 Å². The Morgan fingerprint density at radius 1 is 1.24 bits per heavy atom. The Labute approximate surface area is 151 Å². The van der Waals surface area contributed by atoms with Gasteiger partial charge in [-0.1, -0.05) is 29.8 Å². The van der Waals surface area contributed by atoms with Gasteiger partial charge in [0.05, 0.1) is 12.3 Å². The molecular formula is C18H20ClN5O. The SMILES string of the molecule is N#Cc1cnc(NCc2ccccc2Cl)nc1NC1CCC(O)CC1. The molecule has 0 amide bonds. The lowest BCUT2D eigenvalue weighted by Crippen LogP contribution is -2.29. The highest BCUT2D eigenvalue weighted by atomic mass is 35.5. The fourth-order valence-corrected chi connectivity index (χ4v) is 3.09. The van der Waals surface area contributed by atoms with Crippen LogP contribution in [0.25, 0.3) is 0 Å². The van der Waals surface area contributed by atoms with Crippen molar-refractivity contribution < 1.29 is 5.11 Å². The number of halogens is 1. The first-order chi connectivity index (χ1) is 12.2. The molecule has 0 spiro atoms. The third-order valence-corrected chi connectivity index (χ3v) is 4.71. The van der Waals surface area contributed by atoms with Crippen LogP contribution in [-0.4, -0.2) is 27.2 Å². The molecule has 6 nitrogen and oxygen atoms in total. The fraction of sp³-hybridized carbons (Fsp3) is 0.389.